The van der Waals surface area contributed by atoms with Gasteiger partial charge in [-0.1, -0.05) is 19.6 Å². The van der Waals surface area contributed by atoms with E-state index in [1.807, 2.05) is 22.9 Å². The molecule has 0 radical (unpaired) electrons. The van der Waals surface area contributed by atoms with Crippen LogP contribution in [0.2, 0.25) is 25.7 Å². The van der Waals surface area contributed by atoms with Gasteiger partial charge in [0.2, 0.25) is 0 Å². The van der Waals surface area contributed by atoms with E-state index in [0.29, 0.717) is 31.7 Å². The van der Waals surface area contributed by atoms with E-state index in [0.717, 1.165) is 81.2 Å². The normalized spacial score (nSPS) is 25.1. The van der Waals surface area contributed by atoms with Crippen molar-refractivity contribution in [3.05, 3.63) is 23.9 Å². The molecule has 0 saturated carbocycles. The van der Waals surface area contributed by atoms with Crippen LogP contribution >= 0.6 is 0 Å². The number of amides is 1. The highest BCUT2D eigenvalue weighted by atomic mass is 28.3. The summed E-state index contributed by atoms with van der Waals surface area (Å²) in [5, 5.41) is 5.69. The number of rotatable bonds is 8. The average Bonchev–Trinajstić information content (AvgIpc) is 2.96. The maximum absolute atomic E-state index is 13.8. The fourth-order valence-electron chi connectivity index (χ4n) is 5.30. The first kappa shape index (κ1) is 24.7. The molecule has 1 unspecified atom stereocenters. The molecular weight excluding hydrogens is 460 g/mol. The maximum atomic E-state index is 13.8. The van der Waals surface area contributed by atoms with Crippen molar-refractivity contribution in [2.24, 2.45) is 0 Å². The Morgan fingerprint density at radius 2 is 1.97 bits per heavy atom. The first-order valence-corrected chi connectivity index (χ1v) is 16.9. The SMILES string of the molecule is C[Si](C)(C)CCOCn1nc(C(=O)N2CCN3CCC2CC3)c2ccc(OC3CCCOC3)cc21. The lowest BCUT2D eigenvalue weighted by Gasteiger charge is -2.31. The number of piperidine rings is 1. The molecule has 1 amide bonds. The number of carbonyl (C=O) groups is 1. The lowest BCUT2D eigenvalue weighted by molar-refractivity contribution is 0.00746. The van der Waals surface area contributed by atoms with Crippen molar-refractivity contribution >= 4 is 24.9 Å². The fourth-order valence-corrected chi connectivity index (χ4v) is 6.06. The third-order valence-electron chi connectivity index (χ3n) is 7.47. The highest BCUT2D eigenvalue weighted by molar-refractivity contribution is 6.76. The molecule has 2 aromatic rings. The third kappa shape index (κ3) is 5.90. The molecule has 1 atom stereocenters. The Labute approximate surface area is 209 Å². The largest absolute Gasteiger partial charge is 0.488 e. The standard InChI is InChI=1S/C26H40N4O4Si/c1-35(2,3)16-15-33-19-30-24-17-21(34-22-5-4-14-32-18-22)6-7-23(24)25(27-30)26(31)29-13-12-28-10-8-20(29)9-11-28/h6-7,17,20,22H,4-5,8-16,18-19H2,1-3H3. The van der Waals surface area contributed by atoms with Gasteiger partial charge in [-0.3, -0.25) is 4.79 Å². The molecule has 5 heterocycles. The van der Waals surface area contributed by atoms with Crippen molar-refractivity contribution in [3.63, 3.8) is 0 Å². The molecule has 35 heavy (non-hydrogen) atoms. The lowest BCUT2D eigenvalue weighted by Crippen LogP contribution is -2.41. The van der Waals surface area contributed by atoms with Crippen LogP contribution in [0.15, 0.2) is 18.2 Å². The van der Waals surface area contributed by atoms with Gasteiger partial charge in [0.25, 0.3) is 5.91 Å². The summed E-state index contributed by atoms with van der Waals surface area (Å²) in [5.74, 6) is 0.829. The molecule has 4 fully saturated rings. The molecule has 0 spiro atoms. The number of carbonyl (C=O) groups excluding carboxylic acids is 1. The zero-order chi connectivity index (χ0) is 24.4. The van der Waals surface area contributed by atoms with Crippen molar-refractivity contribution < 1.29 is 19.0 Å². The zero-order valence-electron chi connectivity index (χ0n) is 21.5. The van der Waals surface area contributed by atoms with E-state index in [2.05, 4.69) is 29.4 Å². The number of nitrogens with zero attached hydrogens (tertiary/aromatic N) is 4. The molecule has 2 bridgehead atoms. The van der Waals surface area contributed by atoms with E-state index in [9.17, 15) is 4.79 Å². The van der Waals surface area contributed by atoms with Crippen LogP contribution in [0, 0.1) is 0 Å². The fraction of sp³-hybridized carbons (Fsp3) is 0.692. The van der Waals surface area contributed by atoms with Crippen LogP contribution < -0.4 is 4.74 Å². The molecule has 1 aromatic heterocycles. The van der Waals surface area contributed by atoms with Crippen LogP contribution in [0.4, 0.5) is 0 Å². The first-order chi connectivity index (χ1) is 16.9. The van der Waals surface area contributed by atoms with E-state index in [4.69, 9.17) is 19.3 Å². The molecule has 8 nitrogen and oxygen atoms in total. The van der Waals surface area contributed by atoms with Crippen LogP contribution in [0.25, 0.3) is 10.9 Å². The van der Waals surface area contributed by atoms with Gasteiger partial charge in [-0.05, 0) is 43.9 Å². The van der Waals surface area contributed by atoms with Crippen LogP contribution in [0.5, 0.6) is 5.75 Å². The Bertz CT molecular complexity index is 1020. The molecule has 0 aliphatic carbocycles. The molecule has 192 valence electrons. The maximum Gasteiger partial charge on any atom is 0.275 e. The second-order valence-corrected chi connectivity index (χ2v) is 17.0. The lowest BCUT2D eigenvalue weighted by atomic mass is 10.0. The predicted octanol–water partition coefficient (Wildman–Crippen LogP) is 3.83. The summed E-state index contributed by atoms with van der Waals surface area (Å²) in [6, 6.07) is 7.37. The average molecular weight is 501 g/mol. The first-order valence-electron chi connectivity index (χ1n) is 13.2. The van der Waals surface area contributed by atoms with Gasteiger partial charge < -0.3 is 24.0 Å². The van der Waals surface area contributed by atoms with Crippen LogP contribution in [-0.2, 0) is 16.2 Å². The van der Waals surface area contributed by atoms with Gasteiger partial charge >= 0.3 is 0 Å². The summed E-state index contributed by atoms with van der Waals surface area (Å²) in [7, 11) is -1.18. The van der Waals surface area contributed by atoms with Crippen LogP contribution in [0.1, 0.15) is 36.2 Å². The highest BCUT2D eigenvalue weighted by Crippen LogP contribution is 2.29. The van der Waals surface area contributed by atoms with Gasteiger partial charge in [0.1, 0.15) is 18.6 Å². The summed E-state index contributed by atoms with van der Waals surface area (Å²) >= 11 is 0. The number of hydrogen-bond acceptors (Lipinski definition) is 6. The number of benzene rings is 1. The van der Waals surface area contributed by atoms with Gasteiger partial charge in [-0.2, -0.15) is 5.10 Å². The molecule has 0 N–H and O–H groups in total. The van der Waals surface area contributed by atoms with E-state index in [1.54, 1.807) is 0 Å². The minimum absolute atomic E-state index is 0.0407. The number of aromatic nitrogens is 2. The molecule has 4 aliphatic heterocycles. The van der Waals surface area contributed by atoms with E-state index in [1.165, 1.54) is 0 Å². The van der Waals surface area contributed by atoms with Crippen LogP contribution in [0.3, 0.4) is 0 Å². The smallest absolute Gasteiger partial charge is 0.275 e. The number of hydrogen-bond donors (Lipinski definition) is 0. The van der Waals surface area contributed by atoms with Gasteiger partial charge in [0.05, 0.1) is 12.1 Å². The van der Waals surface area contributed by atoms with E-state index in [-0.39, 0.29) is 12.0 Å². The predicted molar refractivity (Wildman–Crippen MR) is 139 cm³/mol. The summed E-state index contributed by atoms with van der Waals surface area (Å²) < 4.78 is 19.7. The van der Waals surface area contributed by atoms with Crippen molar-refractivity contribution in [1.82, 2.24) is 19.6 Å². The summed E-state index contributed by atoms with van der Waals surface area (Å²) in [6.07, 6.45) is 4.17. The Balaban J connectivity index is 1.40. The van der Waals surface area contributed by atoms with Gasteiger partial charge in [0.15, 0.2) is 5.69 Å². The van der Waals surface area contributed by atoms with E-state index < -0.39 is 8.07 Å². The van der Waals surface area contributed by atoms with Gasteiger partial charge in [0, 0.05) is 65.0 Å². The Morgan fingerprint density at radius 1 is 1.14 bits per heavy atom. The molecule has 6 rings (SSSR count). The molecule has 4 aliphatic rings. The Hall–Kier alpha value is -1.94. The minimum Gasteiger partial charge on any atom is -0.488 e. The van der Waals surface area contributed by atoms with Crippen molar-refractivity contribution in [2.45, 2.75) is 70.2 Å². The molecule has 4 saturated heterocycles. The van der Waals surface area contributed by atoms with Crippen LogP contribution in [-0.4, -0.2) is 91.7 Å². The summed E-state index contributed by atoms with van der Waals surface area (Å²) in [5.41, 5.74) is 1.42. The van der Waals surface area contributed by atoms with Crippen molar-refractivity contribution in [2.75, 3.05) is 46.0 Å². The second-order valence-electron chi connectivity index (χ2n) is 11.4. The topological polar surface area (TPSA) is 69.1 Å². The molecule has 1 aromatic carbocycles. The van der Waals surface area contributed by atoms with Gasteiger partial charge in [-0.15, -0.1) is 0 Å². The number of ether oxygens (including phenoxy) is 3. The summed E-state index contributed by atoms with van der Waals surface area (Å²) in [6.45, 7) is 13.4. The molecular formula is C26H40N4O4Si. The van der Waals surface area contributed by atoms with Crippen molar-refractivity contribution in [3.8, 4) is 5.75 Å². The number of fused-ring (bicyclic) bond motifs is 5. The van der Waals surface area contributed by atoms with Crippen molar-refractivity contribution in [1.29, 1.82) is 0 Å². The van der Waals surface area contributed by atoms with E-state index >= 15 is 0 Å². The Kier molecular flexibility index (Phi) is 7.48. The zero-order valence-corrected chi connectivity index (χ0v) is 22.5. The second kappa shape index (κ2) is 10.6. The Morgan fingerprint density at radius 3 is 2.71 bits per heavy atom. The molecule has 9 heteroatoms. The monoisotopic (exact) mass is 500 g/mol. The summed E-state index contributed by atoms with van der Waals surface area (Å²) in [4.78, 5) is 18.3. The highest BCUT2D eigenvalue weighted by Gasteiger charge is 2.34. The third-order valence-corrected chi connectivity index (χ3v) is 9.18. The van der Waals surface area contributed by atoms with Gasteiger partial charge in [-0.25, -0.2) is 4.68 Å². The minimum atomic E-state index is -1.18. The quantitative estimate of drug-likeness (QED) is 0.405.